The van der Waals surface area contributed by atoms with Crippen molar-refractivity contribution in [2.75, 3.05) is 25.5 Å². The van der Waals surface area contributed by atoms with Gasteiger partial charge in [0.25, 0.3) is 0 Å². The molecule has 4 rings (SSSR count). The monoisotopic (exact) mass is 501 g/mol. The van der Waals surface area contributed by atoms with Crippen LogP contribution in [0.4, 0.5) is 19.1 Å². The normalized spacial score (nSPS) is 14.6. The molecule has 0 unspecified atom stereocenters. The van der Waals surface area contributed by atoms with E-state index in [2.05, 4.69) is 68.9 Å². The Morgan fingerprint density at radius 2 is 1.50 bits per heavy atom. The molecule has 2 heterocycles. The molecule has 1 saturated heterocycles. The summed E-state index contributed by atoms with van der Waals surface area (Å²) in [4.78, 5) is 20.2. The van der Waals surface area contributed by atoms with Crippen LogP contribution in [-0.4, -0.2) is 58.3 Å². The average Bonchev–Trinajstić information content (AvgIpc) is 2.88. The van der Waals surface area contributed by atoms with Crippen molar-refractivity contribution in [3.05, 3.63) is 78.1 Å². The molecule has 0 spiro atoms. The summed E-state index contributed by atoms with van der Waals surface area (Å²) in [7, 11) is 2.20. The van der Waals surface area contributed by atoms with Crippen LogP contribution in [0.5, 0.6) is 0 Å². The maximum atomic E-state index is 10.6. The zero-order valence-electron chi connectivity index (χ0n) is 20.0. The largest absolute Gasteiger partial charge is 0.490 e. The van der Waals surface area contributed by atoms with Crippen LogP contribution in [0.1, 0.15) is 24.0 Å². The lowest BCUT2D eigenvalue weighted by atomic mass is 10.0. The fourth-order valence-corrected chi connectivity index (χ4v) is 3.64. The number of hydrogen-bond acceptors (Lipinski definition) is 6. The fourth-order valence-electron chi connectivity index (χ4n) is 3.64. The first kappa shape index (κ1) is 27.1. The Morgan fingerprint density at radius 3 is 2.06 bits per heavy atom. The molecule has 0 saturated carbocycles. The molecule has 0 bridgehead atoms. The minimum Gasteiger partial charge on any atom is -0.475 e. The van der Waals surface area contributed by atoms with Gasteiger partial charge in [0.15, 0.2) is 0 Å². The Hall–Kier alpha value is -3.50. The molecule has 192 valence electrons. The number of aromatic nitrogens is 2. The first-order valence-corrected chi connectivity index (χ1v) is 11.6. The zero-order chi connectivity index (χ0) is 26.0. The Kier molecular flexibility index (Phi) is 9.77. The predicted octanol–water partition coefficient (Wildman–Crippen LogP) is 4.57. The van der Waals surface area contributed by atoms with Crippen molar-refractivity contribution in [3.63, 3.8) is 0 Å². The van der Waals surface area contributed by atoms with Gasteiger partial charge in [-0.25, -0.2) is 14.8 Å². The van der Waals surface area contributed by atoms with Crippen LogP contribution in [0.15, 0.2) is 67.0 Å². The third kappa shape index (κ3) is 8.94. The lowest BCUT2D eigenvalue weighted by Gasteiger charge is -2.29. The molecule has 7 nitrogen and oxygen atoms in total. The third-order valence-electron chi connectivity index (χ3n) is 5.79. The molecule has 1 aromatic heterocycles. The molecule has 0 aliphatic carbocycles. The number of benzene rings is 2. The zero-order valence-corrected chi connectivity index (χ0v) is 20.0. The summed E-state index contributed by atoms with van der Waals surface area (Å²) in [6.45, 7) is 4.02. The van der Waals surface area contributed by atoms with E-state index < -0.39 is 12.1 Å². The van der Waals surface area contributed by atoms with Gasteiger partial charge in [-0.3, -0.25) is 0 Å². The number of carbonyl (C=O) groups is 1. The SMILES string of the molecule is CN1CCC(NCc2ccc(-c3cnc(NCc4ccccc4)nc3)cc2)CC1.O=C(O)C(F)(F)F. The number of piperidine rings is 1. The number of nitrogens with zero attached hydrogens (tertiary/aromatic N) is 3. The van der Waals surface area contributed by atoms with Crippen LogP contribution in [-0.2, 0) is 17.9 Å². The minimum atomic E-state index is -5.08. The van der Waals surface area contributed by atoms with Gasteiger partial charge in [-0.2, -0.15) is 13.2 Å². The Labute approximate surface area is 208 Å². The van der Waals surface area contributed by atoms with Crippen molar-refractivity contribution in [1.29, 1.82) is 0 Å². The number of aliphatic carboxylic acids is 1. The summed E-state index contributed by atoms with van der Waals surface area (Å²) >= 11 is 0. The van der Waals surface area contributed by atoms with Crippen molar-refractivity contribution >= 4 is 11.9 Å². The van der Waals surface area contributed by atoms with Crippen LogP contribution < -0.4 is 10.6 Å². The number of anilines is 1. The van der Waals surface area contributed by atoms with E-state index in [9.17, 15) is 13.2 Å². The molecule has 2 aromatic carbocycles. The van der Waals surface area contributed by atoms with Crippen LogP contribution >= 0.6 is 0 Å². The summed E-state index contributed by atoms with van der Waals surface area (Å²) < 4.78 is 31.7. The Morgan fingerprint density at radius 1 is 0.944 bits per heavy atom. The maximum absolute atomic E-state index is 10.6. The molecule has 1 fully saturated rings. The van der Waals surface area contributed by atoms with Crippen LogP contribution in [0.25, 0.3) is 11.1 Å². The first-order chi connectivity index (χ1) is 17.2. The highest BCUT2D eigenvalue weighted by Gasteiger charge is 2.38. The third-order valence-corrected chi connectivity index (χ3v) is 5.79. The summed E-state index contributed by atoms with van der Waals surface area (Å²) in [5.41, 5.74) is 4.70. The van der Waals surface area contributed by atoms with E-state index in [4.69, 9.17) is 9.90 Å². The number of likely N-dealkylation sites (tertiary alicyclic amines) is 1. The van der Waals surface area contributed by atoms with Crippen LogP contribution in [0.3, 0.4) is 0 Å². The highest BCUT2D eigenvalue weighted by atomic mass is 19.4. The summed E-state index contributed by atoms with van der Waals surface area (Å²) in [5, 5.41) is 14.1. The molecular formula is C26H30F3N5O2. The molecule has 3 aromatic rings. The molecule has 1 aliphatic rings. The molecule has 1 aliphatic heterocycles. The van der Waals surface area contributed by atoms with Gasteiger partial charge in [-0.15, -0.1) is 0 Å². The minimum absolute atomic E-state index is 0.634. The number of alkyl halides is 3. The summed E-state index contributed by atoms with van der Waals surface area (Å²) in [6, 6.07) is 19.6. The molecule has 0 radical (unpaired) electrons. The van der Waals surface area contributed by atoms with Crippen LogP contribution in [0.2, 0.25) is 0 Å². The van der Waals surface area contributed by atoms with Gasteiger partial charge in [-0.1, -0.05) is 54.6 Å². The van der Waals surface area contributed by atoms with Crippen molar-refractivity contribution in [2.24, 2.45) is 0 Å². The second kappa shape index (κ2) is 13.0. The topological polar surface area (TPSA) is 90.4 Å². The maximum Gasteiger partial charge on any atom is 0.490 e. The number of carboxylic acids is 1. The molecule has 3 N–H and O–H groups in total. The van der Waals surface area contributed by atoms with E-state index in [1.54, 1.807) is 0 Å². The number of rotatable bonds is 7. The van der Waals surface area contributed by atoms with Gasteiger partial charge in [0.2, 0.25) is 5.95 Å². The average molecular weight is 502 g/mol. The molecule has 10 heteroatoms. The number of carboxylic acid groups (broad SMARTS) is 1. The van der Waals surface area contributed by atoms with Crippen molar-refractivity contribution < 1.29 is 23.1 Å². The van der Waals surface area contributed by atoms with Gasteiger partial charge in [-0.05, 0) is 49.7 Å². The van der Waals surface area contributed by atoms with E-state index in [1.165, 1.54) is 37.1 Å². The van der Waals surface area contributed by atoms with Gasteiger partial charge >= 0.3 is 12.1 Å². The quantitative estimate of drug-likeness (QED) is 0.437. The highest BCUT2D eigenvalue weighted by Crippen LogP contribution is 2.19. The molecule has 0 amide bonds. The lowest BCUT2D eigenvalue weighted by molar-refractivity contribution is -0.192. The second-order valence-corrected chi connectivity index (χ2v) is 8.59. The van der Waals surface area contributed by atoms with Gasteiger partial charge in [0, 0.05) is 37.1 Å². The van der Waals surface area contributed by atoms with Gasteiger partial charge in [0.05, 0.1) is 0 Å². The van der Waals surface area contributed by atoms with E-state index in [1.807, 2.05) is 30.6 Å². The fraction of sp³-hybridized carbons (Fsp3) is 0.346. The first-order valence-electron chi connectivity index (χ1n) is 11.6. The standard InChI is InChI=1S/C24H29N5.C2HF3O2/c1-29-13-11-23(12-14-29)25-15-20-7-9-21(10-8-20)22-17-27-24(28-18-22)26-16-19-5-3-2-4-6-19;3-2(4,5)1(6)7/h2-10,17-18,23,25H,11-16H2,1H3,(H,26,27,28);(H,6,7). The van der Waals surface area contributed by atoms with Crippen molar-refractivity contribution in [1.82, 2.24) is 20.2 Å². The number of halogens is 3. The second-order valence-electron chi connectivity index (χ2n) is 8.59. The summed E-state index contributed by atoms with van der Waals surface area (Å²) in [5.74, 6) is -2.11. The predicted molar refractivity (Wildman–Crippen MR) is 132 cm³/mol. The Balaban J connectivity index is 0.000000454. The van der Waals surface area contributed by atoms with Crippen molar-refractivity contribution in [2.45, 2.75) is 38.1 Å². The smallest absolute Gasteiger partial charge is 0.475 e. The van der Waals surface area contributed by atoms with Gasteiger partial charge < -0.3 is 20.6 Å². The Bertz CT molecular complexity index is 1070. The van der Waals surface area contributed by atoms with E-state index in [0.29, 0.717) is 12.0 Å². The molecular weight excluding hydrogens is 471 g/mol. The van der Waals surface area contributed by atoms with Gasteiger partial charge in [0.1, 0.15) is 0 Å². The summed E-state index contributed by atoms with van der Waals surface area (Å²) in [6.07, 6.45) is 1.14. The van der Waals surface area contributed by atoms with Crippen molar-refractivity contribution in [3.8, 4) is 11.1 Å². The number of hydrogen-bond donors (Lipinski definition) is 3. The van der Waals surface area contributed by atoms with Crippen LogP contribution in [0, 0.1) is 0 Å². The molecule has 0 atom stereocenters. The lowest BCUT2D eigenvalue weighted by Crippen LogP contribution is -2.40. The van der Waals surface area contributed by atoms with E-state index >= 15 is 0 Å². The van der Waals surface area contributed by atoms with E-state index in [0.717, 1.165) is 24.2 Å². The number of nitrogens with one attached hydrogen (secondary N) is 2. The molecule has 36 heavy (non-hydrogen) atoms. The van der Waals surface area contributed by atoms with E-state index in [-0.39, 0.29) is 0 Å². The highest BCUT2D eigenvalue weighted by molar-refractivity contribution is 5.73.